The maximum Gasteiger partial charge on any atom is 0.292 e. The van der Waals surface area contributed by atoms with Gasteiger partial charge in [-0.1, -0.05) is 32.0 Å². The zero-order chi connectivity index (χ0) is 17.0. The predicted molar refractivity (Wildman–Crippen MR) is 91.9 cm³/mol. The van der Waals surface area contributed by atoms with Crippen LogP contribution in [0.15, 0.2) is 34.2 Å². The van der Waals surface area contributed by atoms with Crippen LogP contribution in [-0.4, -0.2) is 21.4 Å². The van der Waals surface area contributed by atoms with Gasteiger partial charge in [0.15, 0.2) is 5.69 Å². The molecule has 0 aliphatic carbocycles. The maximum atomic E-state index is 12.5. The Morgan fingerprint density at radius 2 is 1.83 bits per heavy atom. The third-order valence-corrected chi connectivity index (χ3v) is 3.66. The van der Waals surface area contributed by atoms with Crippen molar-refractivity contribution in [2.45, 2.75) is 46.6 Å². The van der Waals surface area contributed by atoms with Gasteiger partial charge in [0, 0.05) is 11.1 Å². The van der Waals surface area contributed by atoms with Crippen molar-refractivity contribution in [3.8, 4) is 0 Å². The molecule has 122 valence electrons. The number of hydrogen-bond donors (Lipinski definition) is 1. The first-order chi connectivity index (χ1) is 11.0. The number of carbonyl (C=O) groups is 1. The number of rotatable bonds is 5. The molecule has 0 atom stereocenters. The summed E-state index contributed by atoms with van der Waals surface area (Å²) in [4.78, 5) is 24.9. The number of benzene rings is 1. The summed E-state index contributed by atoms with van der Waals surface area (Å²) < 4.78 is 1.33. The van der Waals surface area contributed by atoms with Crippen LogP contribution in [0.5, 0.6) is 0 Å². The molecular weight excluding hydrogens is 292 g/mol. The molecule has 0 unspecified atom stereocenters. The summed E-state index contributed by atoms with van der Waals surface area (Å²) in [6, 6.07) is 6.87. The Morgan fingerprint density at radius 1 is 1.22 bits per heavy atom. The summed E-state index contributed by atoms with van der Waals surface area (Å²) in [5.74, 6) is -0.407. The molecule has 1 amide bonds. The molecule has 0 saturated heterocycles. The van der Waals surface area contributed by atoms with E-state index >= 15 is 0 Å². The Morgan fingerprint density at radius 3 is 2.39 bits per heavy atom. The van der Waals surface area contributed by atoms with Crippen molar-refractivity contribution < 1.29 is 4.79 Å². The number of carbonyl (C=O) groups excluding carboxylic acids is 1. The molecule has 0 bridgehead atoms. The van der Waals surface area contributed by atoms with Crippen LogP contribution in [0, 0.1) is 0 Å². The molecule has 0 saturated carbocycles. The summed E-state index contributed by atoms with van der Waals surface area (Å²) in [5, 5.41) is 9.40. The normalized spacial score (nSPS) is 10.8. The standard InChI is InChI=1S/C17H22N4O2/c1-5-12(6-2)18-19-16(22)15-13-9-7-8-10-14(13)17(23)21(20-15)11(3)4/h7-11H,5-6H2,1-4H3,(H,19,22). The van der Waals surface area contributed by atoms with Gasteiger partial charge in [-0.2, -0.15) is 10.2 Å². The minimum absolute atomic E-state index is 0.135. The fraction of sp³-hybridized carbons (Fsp3) is 0.412. The number of nitrogens with zero attached hydrogens (tertiary/aromatic N) is 3. The van der Waals surface area contributed by atoms with Gasteiger partial charge in [-0.25, -0.2) is 10.1 Å². The molecule has 2 aromatic rings. The third kappa shape index (κ3) is 3.47. The first-order valence-corrected chi connectivity index (χ1v) is 7.86. The van der Waals surface area contributed by atoms with Crippen molar-refractivity contribution in [1.29, 1.82) is 0 Å². The van der Waals surface area contributed by atoms with Crippen LogP contribution >= 0.6 is 0 Å². The topological polar surface area (TPSA) is 76.3 Å². The number of hydrogen-bond acceptors (Lipinski definition) is 4. The zero-order valence-electron chi connectivity index (χ0n) is 14.0. The van der Waals surface area contributed by atoms with Crippen molar-refractivity contribution in [3.05, 3.63) is 40.3 Å². The second-order valence-corrected chi connectivity index (χ2v) is 5.56. The van der Waals surface area contributed by atoms with Crippen molar-refractivity contribution >= 4 is 22.4 Å². The highest BCUT2D eigenvalue weighted by Gasteiger charge is 2.17. The second kappa shape index (κ2) is 7.17. The molecule has 0 aliphatic rings. The van der Waals surface area contributed by atoms with E-state index in [9.17, 15) is 9.59 Å². The van der Waals surface area contributed by atoms with Crippen LogP contribution in [-0.2, 0) is 0 Å². The zero-order valence-corrected chi connectivity index (χ0v) is 14.0. The van der Waals surface area contributed by atoms with Crippen LogP contribution in [0.1, 0.15) is 57.1 Å². The van der Waals surface area contributed by atoms with Crippen LogP contribution in [0.4, 0.5) is 0 Å². The molecule has 6 nitrogen and oxygen atoms in total. The molecule has 0 radical (unpaired) electrons. The van der Waals surface area contributed by atoms with Gasteiger partial charge in [0.2, 0.25) is 0 Å². The summed E-state index contributed by atoms with van der Waals surface area (Å²) >= 11 is 0. The van der Waals surface area contributed by atoms with Gasteiger partial charge in [-0.3, -0.25) is 9.59 Å². The number of aromatic nitrogens is 2. The first-order valence-electron chi connectivity index (χ1n) is 7.86. The lowest BCUT2D eigenvalue weighted by Crippen LogP contribution is -2.30. The van der Waals surface area contributed by atoms with E-state index in [0.29, 0.717) is 10.8 Å². The average Bonchev–Trinajstić information content (AvgIpc) is 2.55. The lowest BCUT2D eigenvalue weighted by molar-refractivity contribution is 0.0949. The molecule has 1 aromatic carbocycles. The van der Waals surface area contributed by atoms with E-state index in [-0.39, 0.29) is 17.3 Å². The largest absolute Gasteiger partial charge is 0.292 e. The second-order valence-electron chi connectivity index (χ2n) is 5.56. The summed E-state index contributed by atoms with van der Waals surface area (Å²) in [6.45, 7) is 7.69. The smallest absolute Gasteiger partial charge is 0.267 e. The summed E-state index contributed by atoms with van der Waals surface area (Å²) in [6.07, 6.45) is 1.55. The Balaban J connectivity index is 2.55. The third-order valence-electron chi connectivity index (χ3n) is 3.66. The first kappa shape index (κ1) is 16.9. The fourth-order valence-electron chi connectivity index (χ4n) is 2.32. The molecular formula is C17H22N4O2. The van der Waals surface area contributed by atoms with Gasteiger partial charge in [-0.05, 0) is 32.8 Å². The van der Waals surface area contributed by atoms with E-state index in [4.69, 9.17) is 0 Å². The number of hydrazone groups is 1. The van der Waals surface area contributed by atoms with Gasteiger partial charge < -0.3 is 0 Å². The number of nitrogens with one attached hydrogen (secondary N) is 1. The molecule has 1 heterocycles. The average molecular weight is 314 g/mol. The molecule has 0 aliphatic heterocycles. The van der Waals surface area contributed by atoms with Crippen molar-refractivity contribution in [3.63, 3.8) is 0 Å². The molecule has 2 rings (SSSR count). The van der Waals surface area contributed by atoms with Gasteiger partial charge in [0.1, 0.15) is 0 Å². The highest BCUT2D eigenvalue weighted by Crippen LogP contribution is 2.14. The molecule has 6 heteroatoms. The minimum Gasteiger partial charge on any atom is -0.267 e. The van der Waals surface area contributed by atoms with E-state index in [1.807, 2.05) is 27.7 Å². The summed E-state index contributed by atoms with van der Waals surface area (Å²) in [7, 11) is 0. The lowest BCUT2D eigenvalue weighted by atomic mass is 10.1. The lowest BCUT2D eigenvalue weighted by Gasteiger charge is -2.12. The summed E-state index contributed by atoms with van der Waals surface area (Å²) in [5.41, 5.74) is 3.47. The number of fused-ring (bicyclic) bond motifs is 1. The van der Waals surface area contributed by atoms with Crippen molar-refractivity contribution in [2.75, 3.05) is 0 Å². The van der Waals surface area contributed by atoms with Crippen LogP contribution in [0.25, 0.3) is 10.8 Å². The Hall–Kier alpha value is -2.50. The van der Waals surface area contributed by atoms with Gasteiger partial charge in [-0.15, -0.1) is 0 Å². The van der Waals surface area contributed by atoms with Crippen LogP contribution in [0.2, 0.25) is 0 Å². The Kier molecular flexibility index (Phi) is 5.26. The van der Waals surface area contributed by atoms with Crippen molar-refractivity contribution in [1.82, 2.24) is 15.2 Å². The van der Waals surface area contributed by atoms with E-state index in [0.717, 1.165) is 18.6 Å². The van der Waals surface area contributed by atoms with Crippen molar-refractivity contribution in [2.24, 2.45) is 5.10 Å². The highest BCUT2D eigenvalue weighted by atomic mass is 16.2. The molecule has 1 N–H and O–H groups in total. The SMILES string of the molecule is CCC(CC)=NNC(=O)c1nn(C(C)C)c(=O)c2ccccc12. The van der Waals surface area contributed by atoms with E-state index in [1.54, 1.807) is 24.3 Å². The maximum absolute atomic E-state index is 12.5. The molecule has 0 fully saturated rings. The predicted octanol–water partition coefficient (Wildman–Crippen LogP) is 2.88. The molecule has 23 heavy (non-hydrogen) atoms. The Labute approximate surface area is 135 Å². The van der Waals surface area contributed by atoms with Crippen LogP contribution < -0.4 is 11.0 Å². The molecule has 0 spiro atoms. The van der Waals surface area contributed by atoms with E-state index in [2.05, 4.69) is 15.6 Å². The van der Waals surface area contributed by atoms with Crippen LogP contribution in [0.3, 0.4) is 0 Å². The number of amides is 1. The van der Waals surface area contributed by atoms with Gasteiger partial charge in [0.25, 0.3) is 11.5 Å². The fourth-order valence-corrected chi connectivity index (χ4v) is 2.32. The minimum atomic E-state index is -0.407. The van der Waals surface area contributed by atoms with E-state index in [1.165, 1.54) is 4.68 Å². The monoisotopic (exact) mass is 314 g/mol. The Bertz CT molecular complexity index is 800. The van der Waals surface area contributed by atoms with E-state index < -0.39 is 5.91 Å². The highest BCUT2D eigenvalue weighted by molar-refractivity contribution is 6.05. The van der Waals surface area contributed by atoms with Gasteiger partial charge >= 0.3 is 0 Å². The van der Waals surface area contributed by atoms with Gasteiger partial charge in [0.05, 0.1) is 11.4 Å². The molecule has 1 aromatic heterocycles. The quantitative estimate of drug-likeness (QED) is 0.681.